The SMILES string of the molecule is Cc1nnc(-c2cc3c(c(F)c2F)N2C[C@H](C)O[C@H](C)C2C2(C3)C(=O)N(COC(=O)CCC(=O)O)C(=O)N(COC(=O)CCC(=O)O)C2=O)s1. The molecular weight excluding hydrogens is 692 g/mol. The largest absolute Gasteiger partial charge is 0.481 e. The number of carbonyl (C=O) groups is 7. The summed E-state index contributed by atoms with van der Waals surface area (Å²) >= 11 is 0.969. The molecule has 2 aromatic rings. The lowest BCUT2D eigenvalue weighted by molar-refractivity contribution is -0.177. The van der Waals surface area contributed by atoms with Crippen LogP contribution in [-0.2, 0) is 49.4 Å². The highest BCUT2D eigenvalue weighted by Crippen LogP contribution is 2.51. The molecular formula is C30H31F2N5O12S. The molecule has 2 N–H and O–H groups in total. The summed E-state index contributed by atoms with van der Waals surface area (Å²) in [6, 6.07) is -1.54. The maximum absolute atomic E-state index is 16.2. The number of hydrogen-bond acceptors (Lipinski definition) is 14. The average molecular weight is 724 g/mol. The van der Waals surface area contributed by atoms with Crippen molar-refractivity contribution in [2.75, 3.05) is 24.9 Å². The number of benzene rings is 1. The van der Waals surface area contributed by atoms with Crippen molar-refractivity contribution in [2.45, 2.75) is 71.1 Å². The lowest BCUT2D eigenvalue weighted by Crippen LogP contribution is -2.76. The Hall–Kier alpha value is -5.11. The number of imide groups is 2. The maximum Gasteiger partial charge on any atom is 0.339 e. The van der Waals surface area contributed by atoms with Crippen LogP contribution in [0.4, 0.5) is 19.3 Å². The normalized spacial score (nSPS) is 21.2. The number of urea groups is 1. The Balaban J connectivity index is 1.63. The second-order valence-corrected chi connectivity index (χ2v) is 13.1. The van der Waals surface area contributed by atoms with Crippen molar-refractivity contribution in [1.29, 1.82) is 0 Å². The van der Waals surface area contributed by atoms with Crippen LogP contribution in [0.15, 0.2) is 6.07 Å². The number of esters is 2. The molecule has 0 bridgehead atoms. The highest BCUT2D eigenvalue weighted by molar-refractivity contribution is 7.14. The first-order valence-corrected chi connectivity index (χ1v) is 16.0. The van der Waals surface area contributed by atoms with E-state index in [1.54, 1.807) is 13.8 Å². The zero-order chi connectivity index (χ0) is 36.7. The minimum atomic E-state index is -2.36. The number of carboxylic acids is 2. The highest BCUT2D eigenvalue weighted by atomic mass is 32.1. The van der Waals surface area contributed by atoms with Gasteiger partial charge in [-0.3, -0.25) is 28.8 Å². The van der Waals surface area contributed by atoms with Crippen LogP contribution >= 0.6 is 11.3 Å². The van der Waals surface area contributed by atoms with E-state index in [0.29, 0.717) is 14.8 Å². The number of carbonyl (C=O) groups excluding carboxylic acids is 5. The number of fused-ring (bicyclic) bond motifs is 4. The number of ether oxygens (including phenoxy) is 3. The Kier molecular flexibility index (Phi) is 10.1. The topological polar surface area (TPSA) is 223 Å². The van der Waals surface area contributed by atoms with Crippen molar-refractivity contribution in [2.24, 2.45) is 5.41 Å². The van der Waals surface area contributed by atoms with Gasteiger partial charge >= 0.3 is 29.9 Å². The predicted molar refractivity (Wildman–Crippen MR) is 162 cm³/mol. The second-order valence-electron chi connectivity index (χ2n) is 11.9. The van der Waals surface area contributed by atoms with Gasteiger partial charge in [-0.25, -0.2) is 23.4 Å². The number of aryl methyl sites for hydroxylation is 1. The van der Waals surface area contributed by atoms with Gasteiger partial charge < -0.3 is 29.3 Å². The zero-order valence-corrected chi connectivity index (χ0v) is 27.7. The molecule has 20 heteroatoms. The van der Waals surface area contributed by atoms with Crippen LogP contribution in [0.3, 0.4) is 0 Å². The molecule has 5 rings (SSSR count). The Morgan fingerprint density at radius 2 is 1.50 bits per heavy atom. The van der Waals surface area contributed by atoms with E-state index in [4.69, 9.17) is 24.4 Å². The number of aliphatic carboxylic acids is 2. The van der Waals surface area contributed by atoms with E-state index in [0.717, 1.165) is 11.3 Å². The summed E-state index contributed by atoms with van der Waals surface area (Å²) in [4.78, 5) is 91.5. The van der Waals surface area contributed by atoms with E-state index < -0.39 is 123 Å². The molecule has 3 atom stereocenters. The van der Waals surface area contributed by atoms with E-state index in [1.165, 1.54) is 17.9 Å². The third-order valence-corrected chi connectivity index (χ3v) is 9.34. The molecule has 1 unspecified atom stereocenters. The number of nitrogens with zero attached hydrogens (tertiary/aromatic N) is 5. The van der Waals surface area contributed by atoms with Gasteiger partial charge in [0, 0.05) is 13.0 Å². The molecule has 4 amide bonds. The van der Waals surface area contributed by atoms with Gasteiger partial charge in [-0.05, 0) is 32.4 Å². The first-order valence-electron chi connectivity index (χ1n) is 15.2. The van der Waals surface area contributed by atoms with E-state index in [9.17, 15) is 33.6 Å². The Labute approximate surface area is 285 Å². The lowest BCUT2D eigenvalue weighted by Gasteiger charge is -2.57. The van der Waals surface area contributed by atoms with Crippen molar-refractivity contribution in [1.82, 2.24) is 20.0 Å². The van der Waals surface area contributed by atoms with Crippen molar-refractivity contribution < 1.29 is 66.8 Å². The van der Waals surface area contributed by atoms with Gasteiger partial charge in [-0.15, -0.1) is 10.2 Å². The van der Waals surface area contributed by atoms with Gasteiger partial charge in [0.1, 0.15) is 5.01 Å². The van der Waals surface area contributed by atoms with Crippen molar-refractivity contribution in [3.63, 3.8) is 0 Å². The molecule has 50 heavy (non-hydrogen) atoms. The summed E-state index contributed by atoms with van der Waals surface area (Å²) in [5, 5.41) is 26.1. The predicted octanol–water partition coefficient (Wildman–Crippen LogP) is 1.84. The molecule has 268 valence electrons. The third-order valence-electron chi connectivity index (χ3n) is 8.47. The molecule has 1 aromatic heterocycles. The Morgan fingerprint density at radius 1 is 0.940 bits per heavy atom. The third kappa shape index (κ3) is 6.59. The molecule has 3 aliphatic heterocycles. The fourth-order valence-electron chi connectivity index (χ4n) is 6.47. The first kappa shape index (κ1) is 36.2. The van der Waals surface area contributed by atoms with Crippen molar-refractivity contribution in [3.8, 4) is 10.6 Å². The fraction of sp³-hybridized carbons (Fsp3) is 0.500. The molecule has 17 nitrogen and oxygen atoms in total. The number of anilines is 1. The van der Waals surface area contributed by atoms with Crippen LogP contribution in [0.1, 0.15) is 50.1 Å². The number of aromatic nitrogens is 2. The zero-order valence-electron chi connectivity index (χ0n) is 26.8. The number of rotatable bonds is 11. The van der Waals surface area contributed by atoms with Crippen LogP contribution in [-0.4, -0.2) is 110 Å². The van der Waals surface area contributed by atoms with E-state index in [-0.39, 0.29) is 28.4 Å². The lowest BCUT2D eigenvalue weighted by atomic mass is 9.65. The smallest absolute Gasteiger partial charge is 0.339 e. The monoisotopic (exact) mass is 723 g/mol. The quantitative estimate of drug-likeness (QED) is 0.249. The van der Waals surface area contributed by atoms with Gasteiger partial charge in [-0.2, -0.15) is 0 Å². The molecule has 1 spiro atoms. The Morgan fingerprint density at radius 3 is 2.00 bits per heavy atom. The van der Waals surface area contributed by atoms with Crippen LogP contribution in [0.25, 0.3) is 10.6 Å². The fourth-order valence-corrected chi connectivity index (χ4v) is 7.17. The molecule has 3 aliphatic rings. The summed E-state index contributed by atoms with van der Waals surface area (Å²) in [6.07, 6.45) is -4.78. The van der Waals surface area contributed by atoms with Crippen LogP contribution in [0, 0.1) is 24.0 Å². The summed E-state index contributed by atoms with van der Waals surface area (Å²) in [5.41, 5.74) is -2.92. The summed E-state index contributed by atoms with van der Waals surface area (Å²) < 4.78 is 48.0. The summed E-state index contributed by atoms with van der Waals surface area (Å²) in [6.45, 7) is 2.42. The number of halogens is 2. The Bertz CT molecular complexity index is 1730. The molecule has 0 aliphatic carbocycles. The van der Waals surface area contributed by atoms with Gasteiger partial charge in [0.15, 0.2) is 35.5 Å². The first-order chi connectivity index (χ1) is 23.6. The number of carboxylic acid groups (broad SMARTS) is 2. The minimum absolute atomic E-state index is 0.0165. The van der Waals surface area contributed by atoms with Crippen LogP contribution < -0.4 is 4.90 Å². The van der Waals surface area contributed by atoms with Gasteiger partial charge in [-0.1, -0.05) is 11.3 Å². The second kappa shape index (κ2) is 14.0. The summed E-state index contributed by atoms with van der Waals surface area (Å²) in [5.74, 6) is -9.76. The molecule has 0 radical (unpaired) electrons. The van der Waals surface area contributed by atoms with Crippen molar-refractivity contribution >= 4 is 58.7 Å². The van der Waals surface area contributed by atoms with Gasteiger partial charge in [0.05, 0.1) is 55.2 Å². The number of morpholine rings is 1. The minimum Gasteiger partial charge on any atom is -0.481 e. The van der Waals surface area contributed by atoms with Crippen LogP contribution in [0.5, 0.6) is 0 Å². The van der Waals surface area contributed by atoms with E-state index in [2.05, 4.69) is 10.2 Å². The molecule has 2 fully saturated rings. The van der Waals surface area contributed by atoms with Gasteiger partial charge in [0.2, 0.25) is 0 Å². The maximum atomic E-state index is 16.2. The molecule has 4 heterocycles. The molecule has 0 saturated carbocycles. The van der Waals surface area contributed by atoms with Crippen LogP contribution in [0.2, 0.25) is 0 Å². The molecule has 2 saturated heterocycles. The molecule has 1 aromatic carbocycles. The highest BCUT2D eigenvalue weighted by Gasteiger charge is 2.67. The van der Waals surface area contributed by atoms with Gasteiger partial charge in [0.25, 0.3) is 11.8 Å². The summed E-state index contributed by atoms with van der Waals surface area (Å²) in [7, 11) is 0. The number of barbiturate groups is 1. The van der Waals surface area contributed by atoms with Crippen molar-refractivity contribution in [3.05, 3.63) is 28.3 Å². The average Bonchev–Trinajstić information content (AvgIpc) is 3.48. The van der Waals surface area contributed by atoms with E-state index >= 15 is 8.78 Å². The number of amides is 4. The standard InChI is InChI=1S/C30H31F2N5O12S/c1-13-10-35-24-16(8-17(22(31)23(24)32)26-34-33-15(3)50-26)9-30(25(35)14(2)49-13)27(44)36(11-47-20(42)6-4-18(38)39)29(46)37(28(30)45)12-48-21(43)7-5-19(40)41/h8,13-14,25H,4-7,9-12H2,1-3H3,(H,38,39)(H,40,41)/t13-,14+,25?/m0/s1. The van der Waals surface area contributed by atoms with E-state index in [1.807, 2.05) is 0 Å². The number of hydrogen-bond donors (Lipinski definition) is 2.